The summed E-state index contributed by atoms with van der Waals surface area (Å²) in [6, 6.07) is 0. The molecule has 0 aliphatic rings. The standard InChI is InChI=1S/C7H16O3P.Na.H/c1-3-4-5-6-11(9,10)7(2)8;;/h9-10H,3-6H2,1-2H3;;/q2*+1;-1. The van der Waals surface area contributed by atoms with Gasteiger partial charge in [0.15, 0.2) is 0 Å². The largest absolute Gasteiger partial charge is 1.00 e. The van der Waals surface area contributed by atoms with Crippen molar-refractivity contribution < 1.29 is 45.6 Å². The minimum absolute atomic E-state index is 0. The third kappa shape index (κ3) is 6.53. The van der Waals surface area contributed by atoms with E-state index in [9.17, 15) is 4.79 Å². The molecule has 0 aliphatic carbocycles. The number of carbonyl (C=O) groups is 1. The van der Waals surface area contributed by atoms with Gasteiger partial charge in [0, 0.05) is 6.92 Å². The Morgan fingerprint density at radius 3 is 2.25 bits per heavy atom. The molecule has 0 saturated heterocycles. The third-order valence-corrected chi connectivity index (χ3v) is 3.53. The second kappa shape index (κ2) is 7.43. The van der Waals surface area contributed by atoms with Gasteiger partial charge < -0.3 is 1.43 Å². The maximum Gasteiger partial charge on any atom is 1.00 e. The summed E-state index contributed by atoms with van der Waals surface area (Å²) in [6.45, 7) is 3.27. The van der Waals surface area contributed by atoms with Crippen LogP contribution in [-0.4, -0.2) is 21.5 Å². The Morgan fingerprint density at radius 2 is 1.92 bits per heavy atom. The predicted octanol–water partition coefficient (Wildman–Crippen LogP) is -1.33. The Hall–Kier alpha value is 1.02. The molecule has 0 unspecified atom stereocenters. The number of rotatable bonds is 5. The van der Waals surface area contributed by atoms with Crippen molar-refractivity contribution in [3.8, 4) is 0 Å². The van der Waals surface area contributed by atoms with Crippen molar-refractivity contribution in [2.24, 2.45) is 0 Å². The van der Waals surface area contributed by atoms with Gasteiger partial charge in [0.2, 0.25) is 0 Å². The van der Waals surface area contributed by atoms with Crippen molar-refractivity contribution in [2.75, 3.05) is 6.16 Å². The van der Waals surface area contributed by atoms with Crippen LogP contribution < -0.4 is 29.6 Å². The Balaban J connectivity index is -0.000000500. The fourth-order valence-electron chi connectivity index (χ4n) is 0.740. The van der Waals surface area contributed by atoms with Gasteiger partial charge in [0.1, 0.15) is 6.16 Å². The van der Waals surface area contributed by atoms with Crippen molar-refractivity contribution in [1.82, 2.24) is 0 Å². The molecule has 0 aromatic heterocycles. The van der Waals surface area contributed by atoms with Gasteiger partial charge in [-0.3, -0.25) is 0 Å². The predicted molar refractivity (Wildman–Crippen MR) is 47.5 cm³/mol. The third-order valence-electron chi connectivity index (χ3n) is 1.58. The molecule has 0 aliphatic heterocycles. The average Bonchev–Trinajstić information content (AvgIpc) is 1.88. The molecule has 3 nitrogen and oxygen atoms in total. The van der Waals surface area contributed by atoms with Gasteiger partial charge in [0.05, 0.1) is 0 Å². The van der Waals surface area contributed by atoms with E-state index in [1.54, 1.807) is 0 Å². The quantitative estimate of drug-likeness (QED) is 0.331. The van der Waals surface area contributed by atoms with Gasteiger partial charge in [0.25, 0.3) is 0 Å². The van der Waals surface area contributed by atoms with E-state index in [-0.39, 0.29) is 37.1 Å². The molecule has 0 aromatic carbocycles. The summed E-state index contributed by atoms with van der Waals surface area (Å²) in [6.07, 6.45) is 2.97. The molecule has 0 aromatic rings. The van der Waals surface area contributed by atoms with Crippen LogP contribution in [0.4, 0.5) is 0 Å². The molecule has 0 atom stereocenters. The summed E-state index contributed by atoms with van der Waals surface area (Å²) >= 11 is 0. The first-order chi connectivity index (χ1) is 5.00. The fourth-order valence-corrected chi connectivity index (χ4v) is 1.72. The maximum atomic E-state index is 10.6. The Labute approximate surface area is 97.8 Å². The topological polar surface area (TPSA) is 57.5 Å². The molecule has 0 heterocycles. The van der Waals surface area contributed by atoms with Crippen molar-refractivity contribution in [2.45, 2.75) is 33.1 Å². The first kappa shape index (κ1) is 15.5. The molecule has 12 heavy (non-hydrogen) atoms. The average molecular weight is 203 g/mol. The zero-order valence-corrected chi connectivity index (χ0v) is 11.0. The van der Waals surface area contributed by atoms with E-state index in [0.29, 0.717) is 0 Å². The van der Waals surface area contributed by atoms with Gasteiger partial charge >= 0.3 is 42.8 Å². The van der Waals surface area contributed by atoms with Crippen LogP contribution >= 0.6 is 7.72 Å². The second-order valence-corrected chi connectivity index (χ2v) is 5.22. The Bertz CT molecular complexity index is 144. The summed E-state index contributed by atoms with van der Waals surface area (Å²) in [7, 11) is -3.18. The number of hydrogen-bond acceptors (Lipinski definition) is 3. The van der Waals surface area contributed by atoms with E-state index in [1.807, 2.05) is 6.92 Å². The SMILES string of the molecule is CCCCC[P+](O)(O)C(C)=O.[H-].[Na+]. The normalized spacial score (nSPS) is 10.7. The van der Waals surface area contributed by atoms with E-state index >= 15 is 0 Å². The van der Waals surface area contributed by atoms with E-state index in [0.717, 1.165) is 19.3 Å². The van der Waals surface area contributed by atoms with Gasteiger partial charge in [-0.2, -0.15) is 0 Å². The molecule has 2 N–H and O–H groups in total. The van der Waals surface area contributed by atoms with Gasteiger partial charge in [-0.05, 0) is 12.8 Å². The number of hydrogen-bond donors (Lipinski definition) is 2. The van der Waals surface area contributed by atoms with Crippen LogP contribution in [-0.2, 0) is 4.79 Å². The molecule has 0 spiro atoms. The molecule has 0 fully saturated rings. The summed E-state index contributed by atoms with van der Waals surface area (Å²) in [5, 5.41) is 0. The van der Waals surface area contributed by atoms with Crippen LogP contribution in [0, 0.1) is 0 Å². The van der Waals surface area contributed by atoms with E-state index in [2.05, 4.69) is 0 Å². The minimum atomic E-state index is -3.18. The summed E-state index contributed by atoms with van der Waals surface area (Å²) in [5.74, 6) is 0. The molecule has 0 radical (unpaired) electrons. The van der Waals surface area contributed by atoms with Crippen molar-refractivity contribution >= 4 is 13.2 Å². The van der Waals surface area contributed by atoms with Crippen LogP contribution in [0.2, 0.25) is 0 Å². The monoisotopic (exact) mass is 203 g/mol. The second-order valence-electron chi connectivity index (χ2n) is 2.68. The molecule has 5 heteroatoms. The summed E-state index contributed by atoms with van der Waals surface area (Å²) in [4.78, 5) is 28.9. The summed E-state index contributed by atoms with van der Waals surface area (Å²) < 4.78 is 0. The molecule has 0 amide bonds. The van der Waals surface area contributed by atoms with Crippen LogP contribution in [0.5, 0.6) is 0 Å². The Kier molecular flexibility index (Phi) is 9.59. The Morgan fingerprint density at radius 1 is 1.42 bits per heavy atom. The first-order valence-electron chi connectivity index (χ1n) is 3.85. The van der Waals surface area contributed by atoms with Crippen molar-refractivity contribution in [3.05, 3.63) is 0 Å². The van der Waals surface area contributed by atoms with Crippen LogP contribution in [0.25, 0.3) is 0 Å². The van der Waals surface area contributed by atoms with E-state index in [1.165, 1.54) is 6.92 Å². The van der Waals surface area contributed by atoms with Crippen molar-refractivity contribution in [1.29, 1.82) is 0 Å². The smallest absolute Gasteiger partial charge is 1.00 e. The molecule has 0 bridgehead atoms. The van der Waals surface area contributed by atoms with Gasteiger partial charge in [-0.1, -0.05) is 13.3 Å². The maximum absolute atomic E-state index is 10.6. The van der Waals surface area contributed by atoms with E-state index < -0.39 is 13.2 Å². The molecular formula is C7H17NaO3P+. The molecular weight excluding hydrogens is 186 g/mol. The zero-order valence-electron chi connectivity index (χ0n) is 9.08. The number of carbonyl (C=O) groups excluding carboxylic acids is 1. The van der Waals surface area contributed by atoms with Crippen LogP contribution in [0.3, 0.4) is 0 Å². The molecule has 68 valence electrons. The van der Waals surface area contributed by atoms with Crippen molar-refractivity contribution in [3.63, 3.8) is 0 Å². The number of unbranched alkanes of at least 4 members (excludes halogenated alkanes) is 2. The fraction of sp³-hybridized carbons (Fsp3) is 0.857. The molecule has 0 rings (SSSR count). The van der Waals surface area contributed by atoms with Crippen LogP contribution in [0.1, 0.15) is 34.5 Å². The van der Waals surface area contributed by atoms with Gasteiger partial charge in [-0.15, -0.1) is 0 Å². The van der Waals surface area contributed by atoms with E-state index in [4.69, 9.17) is 9.79 Å². The van der Waals surface area contributed by atoms with Gasteiger partial charge in [-0.25, -0.2) is 14.6 Å². The van der Waals surface area contributed by atoms with Crippen LogP contribution in [0.15, 0.2) is 0 Å². The molecule has 0 saturated carbocycles. The first-order valence-corrected chi connectivity index (χ1v) is 5.73. The minimum Gasteiger partial charge on any atom is -1.00 e. The zero-order chi connectivity index (χ0) is 8.91. The summed E-state index contributed by atoms with van der Waals surface area (Å²) in [5.41, 5.74) is -0.464.